The van der Waals surface area contributed by atoms with Gasteiger partial charge in [-0.2, -0.15) is 0 Å². The molecule has 0 unspecified atom stereocenters. The summed E-state index contributed by atoms with van der Waals surface area (Å²) in [6.45, 7) is 8.08. The van der Waals surface area contributed by atoms with Gasteiger partial charge in [0.25, 0.3) is 0 Å². The Hall–Kier alpha value is -1.35. The Bertz CT molecular complexity index is 388. The van der Waals surface area contributed by atoms with Crippen molar-refractivity contribution in [2.75, 3.05) is 20.1 Å². The number of hydrogen-bond acceptors (Lipinski definition) is 2. The summed E-state index contributed by atoms with van der Waals surface area (Å²) >= 11 is 0. The van der Waals surface area contributed by atoms with Crippen LogP contribution in [0, 0.1) is 13.8 Å². The van der Waals surface area contributed by atoms with Gasteiger partial charge in [0.05, 0.1) is 6.54 Å². The van der Waals surface area contributed by atoms with Crippen molar-refractivity contribution in [2.45, 2.75) is 27.3 Å². The number of carbonyl (C=O) groups excluding carboxylic acids is 1. The molecule has 17 heavy (non-hydrogen) atoms. The summed E-state index contributed by atoms with van der Waals surface area (Å²) in [6, 6.07) is 6.38. The Kier molecular flexibility index (Phi) is 5.16. The van der Waals surface area contributed by atoms with E-state index in [4.69, 9.17) is 0 Å². The second-order valence-corrected chi connectivity index (χ2v) is 4.43. The molecule has 1 aromatic rings. The normalized spacial score (nSPS) is 10.4. The third-order valence-electron chi connectivity index (χ3n) is 3.08. The zero-order valence-electron chi connectivity index (χ0n) is 11.2. The number of rotatable bonds is 5. The smallest absolute Gasteiger partial charge is 0.236 e. The van der Waals surface area contributed by atoms with E-state index >= 15 is 0 Å². The monoisotopic (exact) mass is 234 g/mol. The Morgan fingerprint density at radius 2 is 2.00 bits per heavy atom. The van der Waals surface area contributed by atoms with Gasteiger partial charge in [-0.1, -0.05) is 18.2 Å². The molecule has 0 spiro atoms. The van der Waals surface area contributed by atoms with Crippen LogP contribution in [0.25, 0.3) is 0 Å². The molecule has 1 rings (SSSR count). The molecule has 0 heterocycles. The highest BCUT2D eigenvalue weighted by atomic mass is 16.2. The van der Waals surface area contributed by atoms with Gasteiger partial charge >= 0.3 is 0 Å². The highest BCUT2D eigenvalue weighted by Gasteiger charge is 2.05. The second-order valence-electron chi connectivity index (χ2n) is 4.43. The van der Waals surface area contributed by atoms with Gasteiger partial charge < -0.3 is 10.2 Å². The van der Waals surface area contributed by atoms with Crippen LogP contribution in [0.3, 0.4) is 0 Å². The molecular formula is C14H22N2O. The predicted octanol–water partition coefficient (Wildman–Crippen LogP) is 1.87. The number of aryl methyl sites for hydroxylation is 2. The van der Waals surface area contributed by atoms with Crippen LogP contribution in [0.1, 0.15) is 23.6 Å². The average Bonchev–Trinajstić information content (AvgIpc) is 2.32. The maximum atomic E-state index is 11.5. The first-order valence-corrected chi connectivity index (χ1v) is 6.05. The second kappa shape index (κ2) is 6.40. The lowest BCUT2D eigenvalue weighted by molar-refractivity contribution is -0.128. The van der Waals surface area contributed by atoms with Crippen molar-refractivity contribution in [3.05, 3.63) is 34.9 Å². The topological polar surface area (TPSA) is 32.3 Å². The van der Waals surface area contributed by atoms with E-state index in [2.05, 4.69) is 37.4 Å². The highest BCUT2D eigenvalue weighted by molar-refractivity contribution is 5.77. The van der Waals surface area contributed by atoms with E-state index < -0.39 is 0 Å². The van der Waals surface area contributed by atoms with Crippen molar-refractivity contribution in [1.82, 2.24) is 10.2 Å². The molecule has 0 radical (unpaired) electrons. The first-order valence-electron chi connectivity index (χ1n) is 6.05. The summed E-state index contributed by atoms with van der Waals surface area (Å²) in [7, 11) is 1.82. The van der Waals surface area contributed by atoms with E-state index in [0.29, 0.717) is 6.54 Å². The highest BCUT2D eigenvalue weighted by Crippen LogP contribution is 2.09. The van der Waals surface area contributed by atoms with Gasteiger partial charge in [-0.25, -0.2) is 0 Å². The molecule has 0 saturated carbocycles. The van der Waals surface area contributed by atoms with Crippen molar-refractivity contribution in [2.24, 2.45) is 0 Å². The van der Waals surface area contributed by atoms with Crippen LogP contribution in [-0.4, -0.2) is 30.9 Å². The van der Waals surface area contributed by atoms with E-state index in [0.717, 1.165) is 13.1 Å². The van der Waals surface area contributed by atoms with Crippen molar-refractivity contribution >= 4 is 5.91 Å². The van der Waals surface area contributed by atoms with Gasteiger partial charge in [0.2, 0.25) is 5.91 Å². The Labute approximate surface area is 104 Å². The number of carbonyl (C=O) groups is 1. The summed E-state index contributed by atoms with van der Waals surface area (Å²) < 4.78 is 0. The fraction of sp³-hybridized carbons (Fsp3) is 0.500. The number of nitrogens with zero attached hydrogens (tertiary/aromatic N) is 1. The van der Waals surface area contributed by atoms with E-state index in [1.54, 1.807) is 4.90 Å². The Morgan fingerprint density at radius 3 is 2.59 bits per heavy atom. The first-order chi connectivity index (χ1) is 8.04. The quantitative estimate of drug-likeness (QED) is 0.843. The van der Waals surface area contributed by atoms with Crippen LogP contribution in [0.5, 0.6) is 0 Å². The first kappa shape index (κ1) is 13.7. The fourth-order valence-corrected chi connectivity index (χ4v) is 1.54. The lowest BCUT2D eigenvalue weighted by Gasteiger charge is -2.14. The molecule has 1 N–H and O–H groups in total. The molecule has 94 valence electrons. The molecule has 0 saturated heterocycles. The van der Waals surface area contributed by atoms with Gasteiger partial charge in [-0.15, -0.1) is 0 Å². The van der Waals surface area contributed by atoms with E-state index in [1.807, 2.05) is 14.0 Å². The summed E-state index contributed by atoms with van der Waals surface area (Å²) in [4.78, 5) is 13.3. The number of amides is 1. The molecule has 0 aliphatic heterocycles. The van der Waals surface area contributed by atoms with Crippen molar-refractivity contribution in [3.8, 4) is 0 Å². The summed E-state index contributed by atoms with van der Waals surface area (Å²) in [6.07, 6.45) is 0. The molecule has 3 nitrogen and oxygen atoms in total. The predicted molar refractivity (Wildman–Crippen MR) is 70.9 cm³/mol. The fourth-order valence-electron chi connectivity index (χ4n) is 1.54. The van der Waals surface area contributed by atoms with Crippen molar-refractivity contribution < 1.29 is 4.79 Å². The van der Waals surface area contributed by atoms with Crippen molar-refractivity contribution in [3.63, 3.8) is 0 Å². The summed E-state index contributed by atoms with van der Waals surface area (Å²) in [5, 5.41) is 3.17. The molecule has 1 aromatic carbocycles. The van der Waals surface area contributed by atoms with Gasteiger partial charge in [0.15, 0.2) is 0 Å². The SMILES string of the molecule is CCN(C)C(=O)CNCc1ccc(C)c(C)c1. The third kappa shape index (κ3) is 4.19. The minimum absolute atomic E-state index is 0.135. The largest absolute Gasteiger partial charge is 0.345 e. The number of hydrogen-bond donors (Lipinski definition) is 1. The van der Waals surface area contributed by atoms with E-state index in [-0.39, 0.29) is 5.91 Å². The van der Waals surface area contributed by atoms with Crippen molar-refractivity contribution in [1.29, 1.82) is 0 Å². The molecular weight excluding hydrogens is 212 g/mol. The van der Waals surface area contributed by atoms with E-state index in [9.17, 15) is 4.79 Å². The molecule has 1 amide bonds. The maximum absolute atomic E-state index is 11.5. The van der Waals surface area contributed by atoms with Gasteiger partial charge in [0.1, 0.15) is 0 Å². The molecule has 3 heteroatoms. The summed E-state index contributed by atoms with van der Waals surface area (Å²) in [5.74, 6) is 0.135. The molecule has 0 fully saturated rings. The van der Waals surface area contributed by atoms with Gasteiger partial charge in [-0.05, 0) is 37.5 Å². The Morgan fingerprint density at radius 1 is 1.29 bits per heavy atom. The lowest BCUT2D eigenvalue weighted by Crippen LogP contribution is -2.35. The van der Waals surface area contributed by atoms with Gasteiger partial charge in [0, 0.05) is 20.1 Å². The standard InChI is InChI=1S/C14H22N2O/c1-5-16(4)14(17)10-15-9-13-7-6-11(2)12(3)8-13/h6-8,15H,5,9-10H2,1-4H3. The Balaban J connectivity index is 2.41. The average molecular weight is 234 g/mol. The van der Waals surface area contributed by atoms with E-state index in [1.165, 1.54) is 16.7 Å². The van der Waals surface area contributed by atoms with Gasteiger partial charge in [-0.3, -0.25) is 4.79 Å². The van der Waals surface area contributed by atoms with Crippen LogP contribution in [-0.2, 0) is 11.3 Å². The van der Waals surface area contributed by atoms with Crippen LogP contribution in [0.15, 0.2) is 18.2 Å². The minimum Gasteiger partial charge on any atom is -0.345 e. The van der Waals surface area contributed by atoms with Crippen LogP contribution in [0.2, 0.25) is 0 Å². The number of nitrogens with one attached hydrogen (secondary N) is 1. The molecule has 0 aliphatic carbocycles. The summed E-state index contributed by atoms with van der Waals surface area (Å²) in [5.41, 5.74) is 3.82. The van der Waals surface area contributed by atoms with Crippen LogP contribution >= 0.6 is 0 Å². The molecule has 0 aromatic heterocycles. The number of benzene rings is 1. The minimum atomic E-state index is 0.135. The zero-order chi connectivity index (χ0) is 12.8. The van der Waals surface area contributed by atoms with Crippen LogP contribution in [0.4, 0.5) is 0 Å². The molecule has 0 bridgehead atoms. The molecule has 0 atom stereocenters. The molecule has 0 aliphatic rings. The maximum Gasteiger partial charge on any atom is 0.236 e. The third-order valence-corrected chi connectivity index (χ3v) is 3.08. The zero-order valence-corrected chi connectivity index (χ0v) is 11.2. The lowest BCUT2D eigenvalue weighted by atomic mass is 10.1. The van der Waals surface area contributed by atoms with Crippen LogP contribution < -0.4 is 5.32 Å². The number of likely N-dealkylation sites (N-methyl/N-ethyl adjacent to an activating group) is 1.